The molecule has 2 amide bonds. The summed E-state index contributed by atoms with van der Waals surface area (Å²) in [6.45, 7) is 4.08. The Bertz CT molecular complexity index is 518. The number of likely N-dealkylation sites (tertiary alicyclic amines) is 2. The molecule has 0 aliphatic carbocycles. The molecular weight excluding hydrogens is 284 g/mol. The van der Waals surface area contributed by atoms with Gasteiger partial charge in [0.2, 0.25) is 5.91 Å². The normalized spacial score (nSPS) is 21.6. The molecule has 0 unspecified atom stereocenters. The number of piperidine rings is 2. The van der Waals surface area contributed by atoms with Crippen LogP contribution in [0.1, 0.15) is 49.4 Å². The zero-order valence-electron chi connectivity index (χ0n) is 12.5. The molecular formula is C16H22N2O2S. The lowest BCUT2D eigenvalue weighted by Crippen LogP contribution is -2.59. The van der Waals surface area contributed by atoms with Gasteiger partial charge in [-0.05, 0) is 43.6 Å². The summed E-state index contributed by atoms with van der Waals surface area (Å²) in [5.41, 5.74) is 0.804. The van der Waals surface area contributed by atoms with Crippen LogP contribution in [0.2, 0.25) is 0 Å². The summed E-state index contributed by atoms with van der Waals surface area (Å²) in [4.78, 5) is 28.3. The van der Waals surface area contributed by atoms with Crippen LogP contribution in [0.3, 0.4) is 0 Å². The maximum Gasteiger partial charge on any atom is 0.254 e. The highest BCUT2D eigenvalue weighted by Gasteiger charge is 2.43. The molecule has 0 aromatic carbocycles. The van der Waals surface area contributed by atoms with Crippen molar-refractivity contribution >= 4 is 23.2 Å². The molecule has 0 radical (unpaired) electrons. The third kappa shape index (κ3) is 2.71. The summed E-state index contributed by atoms with van der Waals surface area (Å²) in [7, 11) is 0. The molecule has 3 heterocycles. The Balaban J connectivity index is 1.69. The van der Waals surface area contributed by atoms with E-state index in [-0.39, 0.29) is 17.4 Å². The second-order valence-corrected chi connectivity index (χ2v) is 6.94. The lowest BCUT2D eigenvalue weighted by Gasteiger charge is -2.51. The van der Waals surface area contributed by atoms with Gasteiger partial charge in [0.1, 0.15) is 0 Å². The number of hydrogen-bond donors (Lipinski definition) is 0. The van der Waals surface area contributed by atoms with E-state index in [9.17, 15) is 9.59 Å². The number of nitrogens with zero attached hydrogens (tertiary/aromatic N) is 2. The van der Waals surface area contributed by atoms with E-state index in [1.54, 1.807) is 18.3 Å². The second kappa shape index (κ2) is 5.79. The Morgan fingerprint density at radius 3 is 2.52 bits per heavy atom. The fourth-order valence-electron chi connectivity index (χ4n) is 3.80. The zero-order valence-corrected chi connectivity index (χ0v) is 13.3. The quantitative estimate of drug-likeness (QED) is 0.800. The van der Waals surface area contributed by atoms with E-state index in [2.05, 4.69) is 4.90 Å². The molecule has 2 fully saturated rings. The maximum atomic E-state index is 12.4. The molecule has 2 saturated heterocycles. The van der Waals surface area contributed by atoms with Gasteiger partial charge in [-0.15, -0.1) is 0 Å². The molecule has 1 aromatic rings. The van der Waals surface area contributed by atoms with Gasteiger partial charge in [0.05, 0.1) is 5.56 Å². The number of carbonyl (C=O) groups excluding carboxylic acids is 2. The predicted molar refractivity (Wildman–Crippen MR) is 83.4 cm³/mol. The predicted octanol–water partition coefficient (Wildman–Crippen LogP) is 2.76. The molecule has 0 bridgehead atoms. The van der Waals surface area contributed by atoms with E-state index >= 15 is 0 Å². The minimum atomic E-state index is 0.00943. The van der Waals surface area contributed by atoms with Gasteiger partial charge in [0, 0.05) is 37.5 Å². The third-order valence-electron chi connectivity index (χ3n) is 4.98. The van der Waals surface area contributed by atoms with E-state index in [0.717, 1.165) is 50.9 Å². The van der Waals surface area contributed by atoms with Gasteiger partial charge in [0.15, 0.2) is 0 Å². The van der Waals surface area contributed by atoms with Gasteiger partial charge >= 0.3 is 0 Å². The van der Waals surface area contributed by atoms with Crippen LogP contribution in [-0.4, -0.2) is 46.8 Å². The van der Waals surface area contributed by atoms with Crippen molar-refractivity contribution in [2.45, 2.75) is 44.6 Å². The monoisotopic (exact) mass is 306 g/mol. The molecule has 0 atom stereocenters. The first-order valence-electron chi connectivity index (χ1n) is 7.72. The minimum absolute atomic E-state index is 0.00943. The van der Waals surface area contributed by atoms with Crippen molar-refractivity contribution in [1.82, 2.24) is 9.80 Å². The van der Waals surface area contributed by atoms with Crippen molar-refractivity contribution < 1.29 is 9.59 Å². The Morgan fingerprint density at radius 2 is 1.90 bits per heavy atom. The molecule has 4 nitrogen and oxygen atoms in total. The van der Waals surface area contributed by atoms with Gasteiger partial charge < -0.3 is 9.80 Å². The third-order valence-corrected chi connectivity index (χ3v) is 5.66. The highest BCUT2D eigenvalue weighted by molar-refractivity contribution is 7.08. The fourth-order valence-corrected chi connectivity index (χ4v) is 4.43. The van der Waals surface area contributed by atoms with Crippen LogP contribution >= 0.6 is 11.3 Å². The standard InChI is InChI=1S/C16H22N2O2S/c1-13(19)18-8-3-2-5-16(18)6-9-17(10-7-16)15(20)14-4-11-21-12-14/h4,11-12H,2-3,5-10H2,1H3. The van der Waals surface area contributed by atoms with Crippen molar-refractivity contribution in [1.29, 1.82) is 0 Å². The highest BCUT2D eigenvalue weighted by atomic mass is 32.1. The Morgan fingerprint density at radius 1 is 1.14 bits per heavy atom. The lowest BCUT2D eigenvalue weighted by atomic mass is 9.78. The van der Waals surface area contributed by atoms with Gasteiger partial charge in [-0.3, -0.25) is 9.59 Å². The van der Waals surface area contributed by atoms with Crippen LogP contribution in [0, 0.1) is 0 Å². The van der Waals surface area contributed by atoms with Gasteiger partial charge in [-0.1, -0.05) is 0 Å². The van der Waals surface area contributed by atoms with E-state index in [1.165, 1.54) is 6.42 Å². The molecule has 2 aliphatic rings. The molecule has 0 N–H and O–H groups in total. The van der Waals surface area contributed by atoms with Crippen molar-refractivity contribution in [2.24, 2.45) is 0 Å². The maximum absolute atomic E-state index is 12.4. The number of rotatable bonds is 1. The lowest BCUT2D eigenvalue weighted by molar-refractivity contribution is -0.140. The van der Waals surface area contributed by atoms with Crippen molar-refractivity contribution in [3.8, 4) is 0 Å². The first-order valence-corrected chi connectivity index (χ1v) is 8.66. The van der Waals surface area contributed by atoms with Gasteiger partial charge in [-0.25, -0.2) is 0 Å². The minimum Gasteiger partial charge on any atom is -0.338 e. The Kier molecular flexibility index (Phi) is 4.02. The van der Waals surface area contributed by atoms with E-state index < -0.39 is 0 Å². The van der Waals surface area contributed by atoms with Crippen molar-refractivity contribution in [3.63, 3.8) is 0 Å². The Labute approximate surface area is 129 Å². The first kappa shape index (κ1) is 14.6. The van der Waals surface area contributed by atoms with Crippen LogP contribution in [0.5, 0.6) is 0 Å². The van der Waals surface area contributed by atoms with E-state index in [1.807, 2.05) is 21.7 Å². The summed E-state index contributed by atoms with van der Waals surface area (Å²) < 4.78 is 0. The molecule has 3 rings (SSSR count). The van der Waals surface area contributed by atoms with Crippen LogP contribution in [0.15, 0.2) is 16.8 Å². The molecule has 0 saturated carbocycles. The average molecular weight is 306 g/mol. The largest absolute Gasteiger partial charge is 0.338 e. The average Bonchev–Trinajstić information content (AvgIpc) is 3.02. The van der Waals surface area contributed by atoms with Crippen LogP contribution in [-0.2, 0) is 4.79 Å². The summed E-state index contributed by atoms with van der Waals surface area (Å²) in [5.74, 6) is 0.323. The van der Waals surface area contributed by atoms with Crippen LogP contribution in [0.4, 0.5) is 0 Å². The summed E-state index contributed by atoms with van der Waals surface area (Å²) in [5, 5.41) is 3.85. The van der Waals surface area contributed by atoms with Crippen molar-refractivity contribution in [2.75, 3.05) is 19.6 Å². The number of amides is 2. The molecule has 114 valence electrons. The van der Waals surface area contributed by atoms with Crippen LogP contribution < -0.4 is 0 Å². The molecule has 5 heteroatoms. The Hall–Kier alpha value is -1.36. The van der Waals surface area contributed by atoms with Gasteiger partial charge in [-0.2, -0.15) is 11.3 Å². The highest BCUT2D eigenvalue weighted by Crippen LogP contribution is 2.37. The second-order valence-electron chi connectivity index (χ2n) is 6.16. The van der Waals surface area contributed by atoms with Crippen LogP contribution in [0.25, 0.3) is 0 Å². The number of carbonyl (C=O) groups is 2. The van der Waals surface area contributed by atoms with Crippen molar-refractivity contribution in [3.05, 3.63) is 22.4 Å². The topological polar surface area (TPSA) is 40.6 Å². The van der Waals surface area contributed by atoms with E-state index in [0.29, 0.717) is 0 Å². The number of hydrogen-bond acceptors (Lipinski definition) is 3. The molecule has 2 aliphatic heterocycles. The molecule has 1 aromatic heterocycles. The summed E-state index contributed by atoms with van der Waals surface area (Å²) >= 11 is 1.56. The zero-order chi connectivity index (χ0) is 14.9. The molecule has 1 spiro atoms. The summed E-state index contributed by atoms with van der Waals surface area (Å²) in [6, 6.07) is 1.89. The smallest absolute Gasteiger partial charge is 0.254 e. The fraction of sp³-hybridized carbons (Fsp3) is 0.625. The SMILES string of the molecule is CC(=O)N1CCCCC12CCN(C(=O)c1ccsc1)CC2. The number of thiophene rings is 1. The first-order chi connectivity index (χ1) is 10.1. The van der Waals surface area contributed by atoms with Gasteiger partial charge in [0.25, 0.3) is 5.91 Å². The molecule has 21 heavy (non-hydrogen) atoms. The van der Waals surface area contributed by atoms with E-state index in [4.69, 9.17) is 0 Å². The summed E-state index contributed by atoms with van der Waals surface area (Å²) in [6.07, 6.45) is 5.24.